The molecule has 3 nitrogen and oxygen atoms in total. The third-order valence-electron chi connectivity index (χ3n) is 9.41. The van der Waals surface area contributed by atoms with Crippen LogP contribution >= 0.6 is 0 Å². The van der Waals surface area contributed by atoms with Gasteiger partial charge in [0.15, 0.2) is 0 Å². The SMILES string of the molecule is C[C@]12CC[C@@H]3c4ccc(C=Cc5ccccc5)cc4CC[C@H]3[C@@H]1CC(=Cc1cccc(C(N)=O)c1)[C@@H]2O. The highest BCUT2D eigenvalue weighted by Crippen LogP contribution is 2.62. The molecule has 2 saturated carbocycles. The second-order valence-corrected chi connectivity index (χ2v) is 11.5. The van der Waals surface area contributed by atoms with E-state index in [2.05, 4.69) is 67.6 Å². The van der Waals surface area contributed by atoms with Gasteiger partial charge in [0.1, 0.15) is 0 Å². The van der Waals surface area contributed by atoms with Crippen molar-refractivity contribution in [3.8, 4) is 0 Å². The lowest BCUT2D eigenvalue weighted by Crippen LogP contribution is -2.44. The molecule has 0 radical (unpaired) electrons. The topological polar surface area (TPSA) is 63.3 Å². The standard InChI is InChI=1S/C34H35NO2/c1-34-17-16-29-28-14-12-23(11-10-22-6-3-2-4-7-22)18-25(28)13-15-30(29)31(34)21-27(32(34)36)20-24-8-5-9-26(19-24)33(35)37/h2-12,14,18-20,29-32,36H,13,15-17,21H2,1H3,(H2,35,37)/t29-,30-,31+,32+,34+/m1/s1. The summed E-state index contributed by atoms with van der Waals surface area (Å²) in [7, 11) is 0. The number of primary amides is 1. The minimum Gasteiger partial charge on any atom is -0.388 e. The zero-order valence-corrected chi connectivity index (χ0v) is 21.4. The van der Waals surface area contributed by atoms with Crippen molar-refractivity contribution < 1.29 is 9.90 Å². The van der Waals surface area contributed by atoms with Crippen molar-refractivity contribution in [2.45, 2.75) is 51.0 Å². The molecule has 0 unspecified atom stereocenters. The third kappa shape index (κ3) is 4.36. The number of hydrogen-bond donors (Lipinski definition) is 2. The Morgan fingerprint density at radius 3 is 2.54 bits per heavy atom. The second kappa shape index (κ2) is 9.46. The van der Waals surface area contributed by atoms with E-state index in [1.807, 2.05) is 24.3 Å². The molecule has 6 rings (SSSR count). The molecule has 0 aromatic heterocycles. The first-order valence-corrected chi connectivity index (χ1v) is 13.6. The lowest BCUT2D eigenvalue weighted by molar-refractivity contribution is -0.0158. The van der Waals surface area contributed by atoms with Gasteiger partial charge in [-0.25, -0.2) is 0 Å². The minimum absolute atomic E-state index is 0.0931. The lowest BCUT2D eigenvalue weighted by Gasteiger charge is -2.49. The Kier molecular flexibility index (Phi) is 6.12. The van der Waals surface area contributed by atoms with Crippen molar-refractivity contribution >= 4 is 24.1 Å². The van der Waals surface area contributed by atoms with Crippen LogP contribution in [0.1, 0.15) is 76.7 Å². The first kappa shape index (κ1) is 23.9. The van der Waals surface area contributed by atoms with Crippen LogP contribution in [0.3, 0.4) is 0 Å². The van der Waals surface area contributed by atoms with Crippen molar-refractivity contribution in [2.75, 3.05) is 0 Å². The van der Waals surface area contributed by atoms with Gasteiger partial charge in [-0.1, -0.05) is 85.8 Å². The number of amides is 1. The Bertz CT molecular complexity index is 1390. The first-order chi connectivity index (χ1) is 17.9. The molecule has 188 valence electrons. The number of rotatable bonds is 4. The maximum atomic E-state index is 11.6. The maximum absolute atomic E-state index is 11.6. The summed E-state index contributed by atoms with van der Waals surface area (Å²) in [5.41, 5.74) is 13.4. The summed E-state index contributed by atoms with van der Waals surface area (Å²) in [5, 5.41) is 11.5. The van der Waals surface area contributed by atoms with E-state index in [0.29, 0.717) is 23.3 Å². The van der Waals surface area contributed by atoms with Gasteiger partial charge in [-0.3, -0.25) is 4.79 Å². The highest BCUT2D eigenvalue weighted by Gasteiger charge is 2.56. The molecule has 3 heteroatoms. The predicted molar refractivity (Wildman–Crippen MR) is 151 cm³/mol. The van der Waals surface area contributed by atoms with Crippen LogP contribution in [0.25, 0.3) is 18.2 Å². The average molecular weight is 490 g/mol. The van der Waals surface area contributed by atoms with Crippen LogP contribution in [0, 0.1) is 17.3 Å². The highest BCUT2D eigenvalue weighted by molar-refractivity contribution is 5.93. The van der Waals surface area contributed by atoms with Gasteiger partial charge in [0.2, 0.25) is 5.91 Å². The van der Waals surface area contributed by atoms with Gasteiger partial charge in [-0.2, -0.15) is 0 Å². The van der Waals surface area contributed by atoms with Crippen LogP contribution in [-0.4, -0.2) is 17.1 Å². The molecule has 3 aliphatic carbocycles. The zero-order chi connectivity index (χ0) is 25.6. The number of aliphatic hydroxyl groups excluding tert-OH is 1. The molecule has 1 amide bonds. The van der Waals surface area contributed by atoms with Gasteiger partial charge in [0.25, 0.3) is 0 Å². The number of aryl methyl sites for hydroxylation is 1. The summed E-state index contributed by atoms with van der Waals surface area (Å²) < 4.78 is 0. The van der Waals surface area contributed by atoms with E-state index in [4.69, 9.17) is 5.73 Å². The van der Waals surface area contributed by atoms with Gasteiger partial charge in [0.05, 0.1) is 6.10 Å². The third-order valence-corrected chi connectivity index (χ3v) is 9.41. The number of benzene rings is 3. The van der Waals surface area contributed by atoms with Gasteiger partial charge in [-0.05, 0) is 95.4 Å². The van der Waals surface area contributed by atoms with Gasteiger partial charge in [0, 0.05) is 11.0 Å². The van der Waals surface area contributed by atoms with Crippen LogP contribution in [0.15, 0.2) is 78.4 Å². The number of nitrogens with two attached hydrogens (primary N) is 1. The Morgan fingerprint density at radius 1 is 0.946 bits per heavy atom. The van der Waals surface area contributed by atoms with E-state index >= 15 is 0 Å². The van der Waals surface area contributed by atoms with E-state index in [1.54, 1.807) is 6.07 Å². The monoisotopic (exact) mass is 489 g/mol. The normalized spacial score (nSPS) is 29.6. The van der Waals surface area contributed by atoms with Crippen molar-refractivity contribution in [1.29, 1.82) is 0 Å². The smallest absolute Gasteiger partial charge is 0.248 e. The fourth-order valence-corrected chi connectivity index (χ4v) is 7.46. The Balaban J connectivity index is 1.25. The second-order valence-electron chi connectivity index (χ2n) is 11.5. The summed E-state index contributed by atoms with van der Waals surface area (Å²) in [4.78, 5) is 11.6. The molecule has 5 atom stereocenters. The molecule has 3 aromatic carbocycles. The molecular formula is C34H35NO2. The van der Waals surface area contributed by atoms with E-state index in [9.17, 15) is 9.90 Å². The van der Waals surface area contributed by atoms with Crippen LogP contribution in [-0.2, 0) is 6.42 Å². The molecule has 0 aliphatic heterocycles. The first-order valence-electron chi connectivity index (χ1n) is 13.6. The summed E-state index contributed by atoms with van der Waals surface area (Å²) in [6.07, 6.45) is 11.4. The average Bonchev–Trinajstić information content (AvgIpc) is 3.17. The fourth-order valence-electron chi connectivity index (χ4n) is 7.46. The Morgan fingerprint density at radius 2 is 1.73 bits per heavy atom. The van der Waals surface area contributed by atoms with Crippen LogP contribution in [0.4, 0.5) is 0 Å². The fraction of sp³-hybridized carbons (Fsp3) is 0.324. The Labute approximate surface area is 219 Å². The molecule has 3 aromatic rings. The predicted octanol–water partition coefficient (Wildman–Crippen LogP) is 6.87. The molecule has 37 heavy (non-hydrogen) atoms. The van der Waals surface area contributed by atoms with Gasteiger partial charge in [-0.15, -0.1) is 0 Å². The van der Waals surface area contributed by atoms with E-state index in [0.717, 1.165) is 36.8 Å². The molecule has 0 saturated heterocycles. The number of hydrogen-bond acceptors (Lipinski definition) is 2. The number of aliphatic hydroxyl groups is 1. The molecule has 3 N–H and O–H groups in total. The zero-order valence-electron chi connectivity index (χ0n) is 21.4. The van der Waals surface area contributed by atoms with Crippen LogP contribution < -0.4 is 5.73 Å². The quantitative estimate of drug-likeness (QED) is 0.393. The van der Waals surface area contributed by atoms with Gasteiger partial charge < -0.3 is 10.8 Å². The van der Waals surface area contributed by atoms with E-state index in [-0.39, 0.29) is 5.41 Å². The molecular weight excluding hydrogens is 454 g/mol. The van der Waals surface area contributed by atoms with Crippen LogP contribution in [0.2, 0.25) is 0 Å². The highest BCUT2D eigenvalue weighted by atomic mass is 16.3. The molecule has 3 aliphatic rings. The minimum atomic E-state index is -0.442. The molecule has 0 bridgehead atoms. The largest absolute Gasteiger partial charge is 0.388 e. The van der Waals surface area contributed by atoms with Gasteiger partial charge >= 0.3 is 0 Å². The van der Waals surface area contributed by atoms with Crippen LogP contribution in [0.5, 0.6) is 0 Å². The molecule has 0 heterocycles. The summed E-state index contributed by atoms with van der Waals surface area (Å²) in [6.45, 7) is 2.30. The maximum Gasteiger partial charge on any atom is 0.248 e. The summed E-state index contributed by atoms with van der Waals surface area (Å²) in [5.74, 6) is 1.21. The van der Waals surface area contributed by atoms with Crippen molar-refractivity contribution in [3.05, 3.63) is 112 Å². The Hall–Kier alpha value is -3.43. The van der Waals surface area contributed by atoms with Crippen molar-refractivity contribution in [3.63, 3.8) is 0 Å². The summed E-state index contributed by atoms with van der Waals surface area (Å²) in [6, 6.07) is 24.9. The van der Waals surface area contributed by atoms with E-state index < -0.39 is 12.0 Å². The van der Waals surface area contributed by atoms with Crippen molar-refractivity contribution in [1.82, 2.24) is 0 Å². The number of carbonyl (C=O) groups is 1. The van der Waals surface area contributed by atoms with Crippen molar-refractivity contribution in [2.24, 2.45) is 23.0 Å². The number of carbonyl (C=O) groups excluding carboxylic acids is 1. The lowest BCUT2D eigenvalue weighted by atomic mass is 9.55. The molecule has 2 fully saturated rings. The summed E-state index contributed by atoms with van der Waals surface area (Å²) >= 11 is 0. The van der Waals surface area contributed by atoms with E-state index in [1.165, 1.54) is 28.7 Å². The number of fused-ring (bicyclic) bond motifs is 5. The molecule has 0 spiro atoms.